The lowest BCUT2D eigenvalue weighted by atomic mass is 9.92. The zero-order chi connectivity index (χ0) is 74.7. The zero-order valence-electron chi connectivity index (χ0n) is 59.7. The Hall–Kier alpha value is -10.0. The van der Waals surface area contributed by atoms with Crippen molar-refractivity contribution in [2.45, 2.75) is 76.5 Å². The van der Waals surface area contributed by atoms with Gasteiger partial charge in [0, 0.05) is 110 Å². The van der Waals surface area contributed by atoms with Crippen LogP contribution >= 0.6 is 34.8 Å². The third-order valence-corrected chi connectivity index (χ3v) is 20.7. The topological polar surface area (TPSA) is 246 Å². The summed E-state index contributed by atoms with van der Waals surface area (Å²) >= 11 is 18.8. The number of ether oxygens (including phenoxy) is 7. The average Bonchev–Trinajstić information content (AvgIpc) is 1.63. The fourth-order valence-electron chi connectivity index (χ4n) is 14.7. The number of piperidine rings is 1. The van der Waals surface area contributed by atoms with Crippen molar-refractivity contribution in [3.05, 3.63) is 223 Å². The average molecular weight is 1520 g/mol. The summed E-state index contributed by atoms with van der Waals surface area (Å²) in [7, 11) is 2.16. The van der Waals surface area contributed by atoms with Crippen LogP contribution in [0.3, 0.4) is 0 Å². The van der Waals surface area contributed by atoms with Gasteiger partial charge in [0.05, 0.1) is 33.0 Å². The van der Waals surface area contributed by atoms with Crippen molar-refractivity contribution < 1.29 is 66.6 Å². The number of nitrogens with zero attached hydrogens (tertiary/aromatic N) is 5. The molecule has 0 bridgehead atoms. The first kappa shape index (κ1) is 75.2. The molecule has 10 aromatic rings. The van der Waals surface area contributed by atoms with E-state index in [0.29, 0.717) is 123 Å². The SMILES string of the molecule is CCOC(=O)N1CCc2c([nH]c3ccc(Cl)cc23)C1c1ccc(OCC(=O)N2CCOCC2)cc1.CCOC(=O)N1CCc2c([nH]c3ccc(Cl)cc23)C1c1ccc(OCC(=O)NCCO)cc1.CN1CCCCC1COc1ccc(C2c3[nH]c4ccc(Cl)cc4c3CCN2C(=O)Oc2ccc(F)cc2)cc1. The van der Waals surface area contributed by atoms with Crippen molar-refractivity contribution in [2.24, 2.45) is 0 Å². The second-order valence-electron chi connectivity index (χ2n) is 26.7. The normalized spacial score (nSPS) is 17.7. The van der Waals surface area contributed by atoms with Crippen LogP contribution in [0.2, 0.25) is 15.1 Å². The number of morpholine rings is 1. The summed E-state index contributed by atoms with van der Waals surface area (Å²) in [5, 5.41) is 16.5. The molecule has 0 spiro atoms. The van der Waals surface area contributed by atoms with E-state index in [1.54, 1.807) is 45.6 Å². The Balaban J connectivity index is 0.000000142. The van der Waals surface area contributed by atoms with Crippen LogP contribution in [0.4, 0.5) is 18.8 Å². The molecule has 15 rings (SSSR count). The molecule has 26 heteroatoms. The molecule has 0 aliphatic carbocycles. The summed E-state index contributed by atoms with van der Waals surface area (Å²) in [5.41, 5.74) is 11.9. The molecule has 5 N–H and O–H groups in total. The van der Waals surface area contributed by atoms with E-state index in [1.807, 2.05) is 115 Å². The summed E-state index contributed by atoms with van der Waals surface area (Å²) in [4.78, 5) is 83.0. The zero-order valence-corrected chi connectivity index (χ0v) is 62.0. The number of aromatic amines is 3. The molecule has 2 saturated heterocycles. The molecule has 3 aromatic heterocycles. The molecule has 2 fully saturated rings. The highest BCUT2D eigenvalue weighted by Gasteiger charge is 2.39. The van der Waals surface area contributed by atoms with Crippen LogP contribution in [-0.2, 0) is 43.1 Å². The molecule has 0 radical (unpaired) electrons. The van der Waals surface area contributed by atoms with Crippen molar-refractivity contribution in [2.75, 3.05) is 106 Å². The molecule has 4 atom stereocenters. The van der Waals surface area contributed by atoms with Gasteiger partial charge in [-0.15, -0.1) is 0 Å². The van der Waals surface area contributed by atoms with Gasteiger partial charge in [-0.1, -0.05) is 77.6 Å². The van der Waals surface area contributed by atoms with E-state index in [0.717, 1.165) is 102 Å². The number of aliphatic hydroxyl groups excluding tert-OH is 1. The summed E-state index contributed by atoms with van der Waals surface area (Å²) < 4.78 is 52.5. The summed E-state index contributed by atoms with van der Waals surface area (Å²) in [6.07, 6.45) is 4.46. The molecule has 5 aliphatic heterocycles. The van der Waals surface area contributed by atoms with Gasteiger partial charge >= 0.3 is 18.3 Å². The van der Waals surface area contributed by atoms with E-state index >= 15 is 0 Å². The van der Waals surface area contributed by atoms with Gasteiger partial charge in [0.2, 0.25) is 0 Å². The maximum atomic E-state index is 13.4. The van der Waals surface area contributed by atoms with Gasteiger partial charge in [0.15, 0.2) is 13.2 Å². The number of carbonyl (C=O) groups excluding carboxylic acids is 5. The predicted molar refractivity (Wildman–Crippen MR) is 407 cm³/mol. The first-order chi connectivity index (χ1) is 52.0. The molecule has 107 heavy (non-hydrogen) atoms. The molecule has 8 heterocycles. The summed E-state index contributed by atoms with van der Waals surface area (Å²) in [6.45, 7) is 9.64. The Morgan fingerprint density at radius 2 is 0.944 bits per heavy atom. The molecule has 7 aromatic carbocycles. The molecule has 5 amide bonds. The third kappa shape index (κ3) is 17.5. The van der Waals surface area contributed by atoms with Gasteiger partial charge in [-0.25, -0.2) is 18.8 Å². The lowest BCUT2D eigenvalue weighted by Crippen LogP contribution is -2.43. The number of aliphatic hydroxyl groups is 1. The van der Waals surface area contributed by atoms with Gasteiger partial charge in [-0.2, -0.15) is 0 Å². The monoisotopic (exact) mass is 1520 g/mol. The predicted octanol–water partition coefficient (Wildman–Crippen LogP) is 14.5. The fraction of sp³-hybridized carbons (Fsp3) is 0.346. The molecular weight excluding hydrogens is 1430 g/mol. The number of nitrogens with one attached hydrogen (secondary N) is 4. The third-order valence-electron chi connectivity index (χ3n) is 20.0. The van der Waals surface area contributed by atoms with E-state index in [-0.39, 0.29) is 68.3 Å². The van der Waals surface area contributed by atoms with Crippen LogP contribution in [0.15, 0.2) is 152 Å². The van der Waals surface area contributed by atoms with Gasteiger partial charge in [0.25, 0.3) is 11.8 Å². The standard InChI is InChI=1S/C31H31ClFN3O3.C26H28ClN3O5.C24H26ClN3O5/c1-35-16-3-2-4-23(35)19-38-24-10-5-20(6-11-24)30-29-26(27-18-21(32)7-14-28(27)34-29)15-17-36(30)31(37)39-25-12-8-22(33)9-13-25;1-2-34-26(32)30-10-9-20-21-15-18(27)5-8-22(21)28-24(20)25(30)17-3-6-19(7-4-17)35-16-23(31)29-11-13-33-14-12-29;1-2-32-24(31)28-11-9-18-19-13-16(25)5-8-20(19)27-22(18)23(28)15-3-6-17(7-4-15)33-14-21(30)26-10-12-29/h5-14,18,23,30,34H,2-4,15-17,19H2,1H3;3-8,15,25,28H,2,9-14,16H2,1H3;3-8,13,23,27,29H,2,9-12,14H2,1H3,(H,26,30). The highest BCUT2D eigenvalue weighted by molar-refractivity contribution is 6.32. The number of H-pyrrole nitrogens is 3. The van der Waals surface area contributed by atoms with E-state index in [9.17, 15) is 28.4 Å². The number of halogens is 4. The Labute approximate surface area is 633 Å². The maximum absolute atomic E-state index is 13.4. The molecule has 560 valence electrons. The van der Waals surface area contributed by atoms with Crippen molar-refractivity contribution in [1.82, 2.24) is 44.8 Å². The summed E-state index contributed by atoms with van der Waals surface area (Å²) in [6, 6.07) is 44.9. The molecule has 0 saturated carbocycles. The van der Waals surface area contributed by atoms with Crippen molar-refractivity contribution >= 4 is 97.6 Å². The minimum Gasteiger partial charge on any atom is -0.492 e. The van der Waals surface area contributed by atoms with Gasteiger partial charge in [-0.05, 0) is 208 Å². The van der Waals surface area contributed by atoms with Crippen molar-refractivity contribution in [3.8, 4) is 23.0 Å². The highest BCUT2D eigenvalue weighted by Crippen LogP contribution is 2.44. The van der Waals surface area contributed by atoms with E-state index in [1.165, 1.54) is 37.1 Å². The number of fused-ring (bicyclic) bond motifs is 9. The first-order valence-electron chi connectivity index (χ1n) is 36.1. The number of aromatic nitrogens is 3. The number of benzene rings is 7. The minimum atomic E-state index is -0.491. The van der Waals surface area contributed by atoms with Crippen LogP contribution in [0.1, 0.15) is 102 Å². The number of hydrogen-bond acceptors (Lipinski definition) is 14. The van der Waals surface area contributed by atoms with Gasteiger partial charge in [-0.3, -0.25) is 24.3 Å². The van der Waals surface area contributed by atoms with Crippen molar-refractivity contribution in [3.63, 3.8) is 0 Å². The largest absolute Gasteiger partial charge is 0.492 e. The van der Waals surface area contributed by atoms with Crippen LogP contribution in [0.5, 0.6) is 23.0 Å². The van der Waals surface area contributed by atoms with Crippen LogP contribution in [-0.4, -0.2) is 186 Å². The number of hydrogen-bond donors (Lipinski definition) is 5. The lowest BCUT2D eigenvalue weighted by Gasteiger charge is -2.35. The lowest BCUT2D eigenvalue weighted by molar-refractivity contribution is -0.137. The number of likely N-dealkylation sites (tertiary alicyclic amines) is 1. The minimum absolute atomic E-state index is 0.0232. The van der Waals surface area contributed by atoms with E-state index < -0.39 is 12.1 Å². The Morgan fingerprint density at radius 1 is 0.523 bits per heavy atom. The Morgan fingerprint density at radius 3 is 1.37 bits per heavy atom. The second-order valence-corrected chi connectivity index (χ2v) is 28.0. The Bertz CT molecular complexity index is 4780. The van der Waals surface area contributed by atoms with E-state index in [2.05, 4.69) is 32.2 Å². The molecule has 5 aliphatic rings. The maximum Gasteiger partial charge on any atom is 0.416 e. The number of amides is 5. The second kappa shape index (κ2) is 34.7. The van der Waals surface area contributed by atoms with Crippen LogP contribution in [0, 0.1) is 5.82 Å². The summed E-state index contributed by atoms with van der Waals surface area (Å²) in [5.74, 6) is 1.47. The number of likely N-dealkylation sites (N-methyl/N-ethyl adjacent to an activating group) is 1. The molecule has 4 unspecified atom stereocenters. The quantitative estimate of drug-likeness (QED) is 0.0569. The number of carbonyl (C=O) groups is 5. The molecule has 22 nitrogen and oxygen atoms in total. The molecular formula is C81H85Cl3FN9O13. The van der Waals surface area contributed by atoms with Crippen LogP contribution < -0.4 is 24.3 Å². The smallest absolute Gasteiger partial charge is 0.416 e. The fourth-order valence-corrected chi connectivity index (χ4v) is 15.2. The van der Waals surface area contributed by atoms with E-state index in [4.69, 9.17) is 73.1 Å². The number of rotatable bonds is 17. The first-order valence-corrected chi connectivity index (χ1v) is 37.3. The van der Waals surface area contributed by atoms with Gasteiger partial charge in [0.1, 0.15) is 53.5 Å². The Kier molecular flexibility index (Phi) is 24.4. The van der Waals surface area contributed by atoms with Crippen LogP contribution in [0.25, 0.3) is 32.7 Å². The van der Waals surface area contributed by atoms with Crippen molar-refractivity contribution in [1.29, 1.82) is 0 Å². The highest BCUT2D eigenvalue weighted by atomic mass is 35.5. The van der Waals surface area contributed by atoms with Gasteiger partial charge < -0.3 is 68.3 Å².